The van der Waals surface area contributed by atoms with Crippen molar-refractivity contribution in [3.05, 3.63) is 66.1 Å². The molecule has 2 heterocycles. The molecule has 9 nitrogen and oxygen atoms in total. The van der Waals surface area contributed by atoms with E-state index in [0.717, 1.165) is 36.8 Å². The Kier molecular flexibility index (Phi) is 7.29. The van der Waals surface area contributed by atoms with Gasteiger partial charge < -0.3 is 9.64 Å². The minimum atomic E-state index is -4.63. The number of hydrogen-bond acceptors (Lipinski definition) is 7. The van der Waals surface area contributed by atoms with Crippen LogP contribution in [0.1, 0.15) is 26.3 Å². The minimum absolute atomic E-state index is 0.273. The van der Waals surface area contributed by atoms with E-state index in [2.05, 4.69) is 4.98 Å². The monoisotopic (exact) mass is 541 g/mol. The van der Waals surface area contributed by atoms with Gasteiger partial charge in [0.25, 0.3) is 10.0 Å². The average Bonchev–Trinajstić information content (AvgIpc) is 3.13. The predicted octanol–water partition coefficient (Wildman–Crippen LogP) is 3.84. The highest BCUT2D eigenvalue weighted by atomic mass is 32.2. The molecule has 0 bridgehead atoms. The van der Waals surface area contributed by atoms with Crippen molar-refractivity contribution in [2.45, 2.75) is 42.7 Å². The summed E-state index contributed by atoms with van der Waals surface area (Å²) in [7, 11) is -6.90. The lowest BCUT2D eigenvalue weighted by molar-refractivity contribution is 0.0753. The Labute approximate surface area is 208 Å². The molecule has 0 aliphatic rings. The molecule has 2 aromatic heterocycles. The van der Waals surface area contributed by atoms with E-state index in [1.807, 2.05) is 0 Å². The number of rotatable bonds is 6. The van der Waals surface area contributed by atoms with E-state index in [4.69, 9.17) is 4.74 Å². The molecule has 0 saturated carbocycles. The molecule has 1 amide bonds. The highest BCUT2D eigenvalue weighted by molar-refractivity contribution is 7.91. The molecule has 3 rings (SSSR count). The maximum absolute atomic E-state index is 15.6. The van der Waals surface area contributed by atoms with E-state index in [0.29, 0.717) is 3.97 Å². The zero-order valence-electron chi connectivity index (χ0n) is 20.2. The Morgan fingerprint density at radius 1 is 1.08 bits per heavy atom. The molecule has 3 aromatic rings. The molecule has 194 valence electrons. The number of halogens is 2. The first-order valence-corrected chi connectivity index (χ1v) is 13.8. The molecule has 0 aliphatic carbocycles. The van der Waals surface area contributed by atoms with E-state index in [9.17, 15) is 26.0 Å². The third kappa shape index (κ3) is 5.41. The van der Waals surface area contributed by atoms with Gasteiger partial charge in [0, 0.05) is 36.8 Å². The molecular formula is C23H25F2N3O6S2. The Morgan fingerprint density at radius 2 is 1.72 bits per heavy atom. The van der Waals surface area contributed by atoms with Crippen LogP contribution in [0.5, 0.6) is 0 Å². The number of aromatic nitrogens is 2. The highest BCUT2D eigenvalue weighted by Crippen LogP contribution is 2.32. The SMILES string of the molecule is CN(C(=O)OCc1cn(S(=O)(=O)c2cccc(S(C)(=O)=O)c2)c(-c2cccnc2F)c1F)C(C)(C)C. The van der Waals surface area contributed by atoms with Gasteiger partial charge in [-0.05, 0) is 51.1 Å². The Bertz CT molecular complexity index is 1530. The number of carbonyl (C=O) groups excluding carboxylic acids is 1. The highest BCUT2D eigenvalue weighted by Gasteiger charge is 2.30. The fourth-order valence-corrected chi connectivity index (χ4v) is 5.27. The summed E-state index contributed by atoms with van der Waals surface area (Å²) in [5, 5.41) is 0. The van der Waals surface area contributed by atoms with E-state index < -0.39 is 66.0 Å². The molecule has 0 atom stereocenters. The van der Waals surface area contributed by atoms with E-state index in [1.165, 1.54) is 30.1 Å². The number of carbonyl (C=O) groups is 1. The summed E-state index contributed by atoms with van der Waals surface area (Å²) >= 11 is 0. The van der Waals surface area contributed by atoms with Crippen LogP contribution in [-0.4, -0.2) is 55.6 Å². The normalized spacial score (nSPS) is 12.4. The minimum Gasteiger partial charge on any atom is -0.444 e. The lowest BCUT2D eigenvalue weighted by atomic mass is 10.1. The van der Waals surface area contributed by atoms with Gasteiger partial charge in [0.05, 0.1) is 15.4 Å². The summed E-state index contributed by atoms with van der Waals surface area (Å²) in [6.45, 7) is 4.62. The quantitative estimate of drug-likeness (QED) is 0.436. The van der Waals surface area contributed by atoms with Gasteiger partial charge in [-0.2, -0.15) is 4.39 Å². The van der Waals surface area contributed by atoms with Gasteiger partial charge in [0.2, 0.25) is 5.95 Å². The van der Waals surface area contributed by atoms with Crippen molar-refractivity contribution in [3.8, 4) is 11.3 Å². The first kappa shape index (κ1) is 27.3. The van der Waals surface area contributed by atoms with Crippen molar-refractivity contribution in [2.75, 3.05) is 13.3 Å². The van der Waals surface area contributed by atoms with Crippen LogP contribution in [0.15, 0.2) is 58.6 Å². The molecule has 0 radical (unpaired) electrons. The zero-order chi connectivity index (χ0) is 27.1. The summed E-state index contributed by atoms with van der Waals surface area (Å²) in [5.41, 5.74) is -2.07. The summed E-state index contributed by atoms with van der Waals surface area (Å²) in [4.78, 5) is 16.4. The van der Waals surface area contributed by atoms with Gasteiger partial charge in [-0.3, -0.25) is 0 Å². The molecule has 0 aliphatic heterocycles. The third-order valence-corrected chi connectivity index (χ3v) is 8.18. The standard InChI is InChI=1S/C23H25F2N3O6S2/c1-23(2,3)27(4)22(29)34-14-15-13-28(20(19(15)24)18-10-7-11-26-21(18)25)36(32,33)17-9-6-8-16(12-17)35(5,30)31/h6-13H,14H2,1-5H3. The number of hydrogen-bond donors (Lipinski definition) is 0. The van der Waals surface area contributed by atoms with Crippen LogP contribution in [-0.2, 0) is 31.2 Å². The van der Waals surface area contributed by atoms with Gasteiger partial charge in [-0.15, -0.1) is 0 Å². The summed E-state index contributed by atoms with van der Waals surface area (Å²) < 4.78 is 86.7. The Balaban J connectivity index is 2.16. The van der Waals surface area contributed by atoms with Crippen LogP contribution in [0.25, 0.3) is 11.3 Å². The van der Waals surface area contributed by atoms with Crippen LogP contribution in [0.2, 0.25) is 0 Å². The third-order valence-electron chi connectivity index (χ3n) is 5.42. The van der Waals surface area contributed by atoms with Crippen molar-refractivity contribution in [1.82, 2.24) is 13.9 Å². The van der Waals surface area contributed by atoms with Crippen molar-refractivity contribution >= 4 is 26.0 Å². The average molecular weight is 542 g/mol. The van der Waals surface area contributed by atoms with Gasteiger partial charge in [-0.1, -0.05) is 6.07 Å². The molecule has 0 fully saturated rings. The first-order chi connectivity index (χ1) is 16.5. The summed E-state index contributed by atoms with van der Waals surface area (Å²) in [6.07, 6.45) is 2.10. The molecular weight excluding hydrogens is 516 g/mol. The fourth-order valence-electron chi connectivity index (χ4n) is 3.09. The van der Waals surface area contributed by atoms with Crippen LogP contribution in [0, 0.1) is 11.8 Å². The molecule has 13 heteroatoms. The maximum atomic E-state index is 15.6. The van der Waals surface area contributed by atoms with Gasteiger partial charge in [0.15, 0.2) is 15.7 Å². The van der Waals surface area contributed by atoms with Crippen molar-refractivity contribution in [3.63, 3.8) is 0 Å². The number of amides is 1. The second-order valence-electron chi connectivity index (χ2n) is 8.99. The van der Waals surface area contributed by atoms with Gasteiger partial charge >= 0.3 is 6.09 Å². The summed E-state index contributed by atoms with van der Waals surface area (Å²) in [6, 6.07) is 6.92. The Morgan fingerprint density at radius 3 is 2.31 bits per heavy atom. The van der Waals surface area contributed by atoms with Crippen LogP contribution >= 0.6 is 0 Å². The molecule has 0 N–H and O–H groups in total. The van der Waals surface area contributed by atoms with Crippen LogP contribution in [0.3, 0.4) is 0 Å². The van der Waals surface area contributed by atoms with Gasteiger partial charge in [-0.25, -0.2) is 35.0 Å². The number of nitrogens with zero attached hydrogens (tertiary/aromatic N) is 3. The first-order valence-electron chi connectivity index (χ1n) is 10.5. The van der Waals surface area contributed by atoms with E-state index in [1.54, 1.807) is 20.8 Å². The second-order valence-corrected chi connectivity index (χ2v) is 12.8. The molecule has 1 aromatic carbocycles. The van der Waals surface area contributed by atoms with E-state index in [-0.39, 0.29) is 10.5 Å². The molecule has 0 unspecified atom stereocenters. The lowest BCUT2D eigenvalue weighted by Gasteiger charge is -2.30. The molecule has 0 saturated heterocycles. The molecule has 0 spiro atoms. The predicted molar refractivity (Wildman–Crippen MR) is 127 cm³/mol. The summed E-state index contributed by atoms with van der Waals surface area (Å²) in [5.74, 6) is -2.28. The largest absolute Gasteiger partial charge is 0.444 e. The van der Waals surface area contributed by atoms with Crippen molar-refractivity contribution in [1.29, 1.82) is 0 Å². The van der Waals surface area contributed by atoms with Crippen molar-refractivity contribution in [2.24, 2.45) is 0 Å². The fraction of sp³-hybridized carbons (Fsp3) is 0.304. The van der Waals surface area contributed by atoms with Crippen LogP contribution < -0.4 is 0 Å². The Hall–Kier alpha value is -3.32. The topological polar surface area (TPSA) is 116 Å². The number of sulfone groups is 1. The van der Waals surface area contributed by atoms with Gasteiger partial charge in [0.1, 0.15) is 12.3 Å². The van der Waals surface area contributed by atoms with E-state index >= 15 is 4.39 Å². The maximum Gasteiger partial charge on any atom is 0.410 e. The van der Waals surface area contributed by atoms with Crippen LogP contribution in [0.4, 0.5) is 13.6 Å². The zero-order valence-corrected chi connectivity index (χ0v) is 21.8. The number of pyridine rings is 1. The second kappa shape index (κ2) is 9.62. The number of ether oxygens (including phenoxy) is 1. The smallest absolute Gasteiger partial charge is 0.410 e. The number of benzene rings is 1. The lowest BCUT2D eigenvalue weighted by Crippen LogP contribution is -2.42. The molecule has 36 heavy (non-hydrogen) atoms. The van der Waals surface area contributed by atoms with Crippen molar-refractivity contribution < 1.29 is 35.1 Å².